The van der Waals surface area contributed by atoms with Gasteiger partial charge in [0.2, 0.25) is 5.91 Å². The van der Waals surface area contributed by atoms with Crippen LogP contribution in [0.3, 0.4) is 0 Å². The Balaban J connectivity index is 2.58. The van der Waals surface area contributed by atoms with E-state index >= 15 is 0 Å². The number of nitrogens with zero attached hydrogens (tertiary/aromatic N) is 1. The first-order valence-electron chi connectivity index (χ1n) is 5.52. The number of rotatable bonds is 6. The molecule has 1 rings (SSSR count). The molecule has 0 radical (unpaired) electrons. The molecule has 1 amide bonds. The summed E-state index contributed by atoms with van der Waals surface area (Å²) in [6.45, 7) is 3.31. The molecule has 0 bridgehead atoms. The Morgan fingerprint density at radius 2 is 1.94 bits per heavy atom. The van der Waals surface area contributed by atoms with Crippen LogP contribution in [0.4, 0.5) is 0 Å². The molecule has 0 aromatic rings. The van der Waals surface area contributed by atoms with Crippen LogP contribution >= 0.6 is 0 Å². The van der Waals surface area contributed by atoms with Crippen LogP contribution in [0.15, 0.2) is 0 Å². The molecule has 0 heterocycles. The second kappa shape index (κ2) is 4.82. The van der Waals surface area contributed by atoms with Gasteiger partial charge in [-0.3, -0.25) is 9.59 Å². The Labute approximate surface area is 95.1 Å². The van der Waals surface area contributed by atoms with Crippen molar-refractivity contribution in [3.63, 3.8) is 0 Å². The summed E-state index contributed by atoms with van der Waals surface area (Å²) in [5.74, 6) is -1.15. The van der Waals surface area contributed by atoms with Gasteiger partial charge < -0.3 is 15.1 Å². The minimum absolute atomic E-state index is 0.0150. The maximum Gasteiger partial charge on any atom is 0.309 e. The Morgan fingerprint density at radius 1 is 1.38 bits per heavy atom. The van der Waals surface area contributed by atoms with E-state index in [4.69, 9.17) is 10.2 Å². The first kappa shape index (κ1) is 13.0. The molecule has 92 valence electrons. The van der Waals surface area contributed by atoms with E-state index in [1.54, 1.807) is 4.90 Å². The van der Waals surface area contributed by atoms with Crippen molar-refractivity contribution in [2.45, 2.75) is 39.2 Å². The van der Waals surface area contributed by atoms with Crippen LogP contribution in [0.25, 0.3) is 0 Å². The van der Waals surface area contributed by atoms with Crippen LogP contribution in [-0.4, -0.2) is 46.2 Å². The van der Waals surface area contributed by atoms with Crippen molar-refractivity contribution < 1.29 is 19.8 Å². The number of amides is 1. The fourth-order valence-electron chi connectivity index (χ4n) is 1.56. The van der Waals surface area contributed by atoms with Crippen molar-refractivity contribution in [2.24, 2.45) is 5.41 Å². The van der Waals surface area contributed by atoms with Gasteiger partial charge in [0.25, 0.3) is 0 Å². The zero-order valence-corrected chi connectivity index (χ0v) is 9.77. The Morgan fingerprint density at radius 3 is 2.31 bits per heavy atom. The smallest absolute Gasteiger partial charge is 0.309 e. The van der Waals surface area contributed by atoms with Gasteiger partial charge >= 0.3 is 5.97 Å². The number of aliphatic carboxylic acids is 1. The summed E-state index contributed by atoms with van der Waals surface area (Å²) < 4.78 is 0. The van der Waals surface area contributed by atoms with Crippen LogP contribution in [0.1, 0.15) is 33.1 Å². The third-order valence-electron chi connectivity index (χ3n) is 2.82. The van der Waals surface area contributed by atoms with E-state index in [1.165, 1.54) is 13.8 Å². The highest BCUT2D eigenvalue weighted by Crippen LogP contribution is 2.29. The maximum atomic E-state index is 11.9. The quantitative estimate of drug-likeness (QED) is 0.694. The van der Waals surface area contributed by atoms with Gasteiger partial charge in [0, 0.05) is 19.0 Å². The van der Waals surface area contributed by atoms with Crippen molar-refractivity contribution in [3.05, 3.63) is 0 Å². The summed E-state index contributed by atoms with van der Waals surface area (Å²) in [5, 5.41) is 17.8. The van der Waals surface area contributed by atoms with Crippen LogP contribution in [-0.2, 0) is 9.59 Å². The number of carboxylic acids is 1. The summed E-state index contributed by atoms with van der Waals surface area (Å²) in [6.07, 6.45) is 1.90. The molecular formula is C11H19NO4. The molecule has 0 aromatic carbocycles. The van der Waals surface area contributed by atoms with Crippen LogP contribution in [0, 0.1) is 5.41 Å². The summed E-state index contributed by atoms with van der Waals surface area (Å²) in [4.78, 5) is 24.4. The molecule has 1 saturated carbocycles. The van der Waals surface area contributed by atoms with Crippen LogP contribution < -0.4 is 0 Å². The van der Waals surface area contributed by atoms with Crippen molar-refractivity contribution in [1.82, 2.24) is 4.90 Å². The zero-order chi connectivity index (χ0) is 12.3. The second-order valence-electron chi connectivity index (χ2n) is 4.91. The van der Waals surface area contributed by atoms with Gasteiger partial charge in [-0.2, -0.15) is 0 Å². The number of aliphatic hydroxyl groups is 1. The molecule has 0 saturated heterocycles. The van der Waals surface area contributed by atoms with Gasteiger partial charge in [-0.1, -0.05) is 0 Å². The largest absolute Gasteiger partial charge is 0.481 e. The lowest BCUT2D eigenvalue weighted by Crippen LogP contribution is -2.39. The molecule has 0 spiro atoms. The molecule has 1 fully saturated rings. The van der Waals surface area contributed by atoms with E-state index in [-0.39, 0.29) is 25.0 Å². The lowest BCUT2D eigenvalue weighted by Gasteiger charge is -2.26. The first-order valence-corrected chi connectivity index (χ1v) is 5.52. The minimum atomic E-state index is -1.04. The highest BCUT2D eigenvalue weighted by molar-refractivity contribution is 5.84. The van der Waals surface area contributed by atoms with Gasteiger partial charge in [0.1, 0.15) is 0 Å². The highest BCUT2D eigenvalue weighted by Gasteiger charge is 2.37. The fraction of sp³-hybridized carbons (Fsp3) is 0.818. The number of hydrogen-bond acceptors (Lipinski definition) is 3. The fourth-order valence-corrected chi connectivity index (χ4v) is 1.56. The predicted molar refractivity (Wildman–Crippen MR) is 57.9 cm³/mol. The normalized spacial score (nSPS) is 15.9. The second-order valence-corrected chi connectivity index (χ2v) is 4.91. The average molecular weight is 229 g/mol. The van der Waals surface area contributed by atoms with Gasteiger partial charge in [0.15, 0.2) is 0 Å². The van der Waals surface area contributed by atoms with Gasteiger partial charge in [-0.05, 0) is 26.7 Å². The molecular weight excluding hydrogens is 210 g/mol. The molecule has 0 unspecified atom stereocenters. The molecule has 0 atom stereocenters. The van der Waals surface area contributed by atoms with Crippen LogP contribution in [0.2, 0.25) is 0 Å². The van der Waals surface area contributed by atoms with Gasteiger partial charge in [0.05, 0.1) is 12.0 Å². The van der Waals surface area contributed by atoms with Crippen molar-refractivity contribution in [3.8, 4) is 0 Å². The summed E-state index contributed by atoms with van der Waals surface area (Å²) in [6, 6.07) is 0.212. The Kier molecular flexibility index (Phi) is 3.91. The average Bonchev–Trinajstić information content (AvgIpc) is 2.96. The van der Waals surface area contributed by atoms with E-state index in [0.29, 0.717) is 6.54 Å². The molecule has 0 aromatic heterocycles. The number of carboxylic acid groups (broad SMARTS) is 1. The summed E-state index contributed by atoms with van der Waals surface area (Å²) in [5.41, 5.74) is -1.04. The van der Waals surface area contributed by atoms with Crippen molar-refractivity contribution >= 4 is 11.9 Å². The van der Waals surface area contributed by atoms with E-state index in [1.807, 2.05) is 0 Å². The molecule has 1 aliphatic carbocycles. The minimum Gasteiger partial charge on any atom is -0.481 e. The highest BCUT2D eigenvalue weighted by atomic mass is 16.4. The molecule has 16 heavy (non-hydrogen) atoms. The monoisotopic (exact) mass is 229 g/mol. The third kappa shape index (κ3) is 3.20. The Bertz CT molecular complexity index is 284. The van der Waals surface area contributed by atoms with Crippen LogP contribution in [0.5, 0.6) is 0 Å². The van der Waals surface area contributed by atoms with E-state index in [2.05, 4.69) is 0 Å². The zero-order valence-electron chi connectivity index (χ0n) is 9.77. The SMILES string of the molecule is CC(C)(CC(=O)N(CCO)C1CC1)C(=O)O. The number of hydrogen-bond donors (Lipinski definition) is 2. The number of carbonyl (C=O) groups excluding carboxylic acids is 1. The molecule has 2 N–H and O–H groups in total. The predicted octanol–water partition coefficient (Wildman–Crippen LogP) is 0.471. The number of carbonyl (C=O) groups is 2. The van der Waals surface area contributed by atoms with E-state index in [9.17, 15) is 9.59 Å². The van der Waals surface area contributed by atoms with Gasteiger partial charge in [-0.25, -0.2) is 0 Å². The van der Waals surface area contributed by atoms with Crippen molar-refractivity contribution in [1.29, 1.82) is 0 Å². The summed E-state index contributed by atoms with van der Waals surface area (Å²) in [7, 11) is 0. The molecule has 5 nitrogen and oxygen atoms in total. The van der Waals surface area contributed by atoms with E-state index in [0.717, 1.165) is 12.8 Å². The third-order valence-corrected chi connectivity index (χ3v) is 2.82. The Hall–Kier alpha value is -1.10. The van der Waals surface area contributed by atoms with Gasteiger partial charge in [-0.15, -0.1) is 0 Å². The lowest BCUT2D eigenvalue weighted by molar-refractivity contribution is -0.151. The number of aliphatic hydroxyl groups excluding tert-OH is 1. The standard InChI is InChI=1S/C11H19NO4/c1-11(2,10(15)16)7-9(14)12(5-6-13)8-3-4-8/h8,13H,3-7H2,1-2H3,(H,15,16). The van der Waals surface area contributed by atoms with Crippen molar-refractivity contribution in [2.75, 3.05) is 13.2 Å². The maximum absolute atomic E-state index is 11.9. The summed E-state index contributed by atoms with van der Waals surface area (Å²) >= 11 is 0. The topological polar surface area (TPSA) is 77.8 Å². The van der Waals surface area contributed by atoms with E-state index < -0.39 is 11.4 Å². The molecule has 5 heteroatoms. The molecule has 0 aliphatic heterocycles. The lowest BCUT2D eigenvalue weighted by atomic mass is 9.89. The first-order chi connectivity index (χ1) is 7.38. The molecule has 1 aliphatic rings.